The van der Waals surface area contributed by atoms with Crippen molar-refractivity contribution < 1.29 is 28.9 Å². The average Bonchev–Trinajstić information content (AvgIpc) is 3.55. The van der Waals surface area contributed by atoms with Gasteiger partial charge < -0.3 is 19.8 Å². The largest absolute Gasteiger partial charge is 0.443 e. The number of carbonyl (C=O) groups excluding carboxylic acids is 2. The Hall–Kier alpha value is -4.34. The summed E-state index contributed by atoms with van der Waals surface area (Å²) < 4.78 is 21.7. The Morgan fingerprint density at radius 1 is 1.18 bits per heavy atom. The Kier molecular flexibility index (Phi) is 6.13. The number of nitrogens with zero attached hydrogens (tertiary/aromatic N) is 6. The summed E-state index contributed by atoms with van der Waals surface area (Å²) in [6.45, 7) is 5.17. The minimum Gasteiger partial charge on any atom is -0.443 e. The second-order valence-corrected chi connectivity index (χ2v) is 10.2. The predicted molar refractivity (Wildman–Crippen MR) is 132 cm³/mol. The molecule has 38 heavy (non-hydrogen) atoms. The second kappa shape index (κ2) is 9.20. The maximum Gasteiger partial charge on any atom is 0.417 e. The molecule has 0 aliphatic carbocycles. The summed E-state index contributed by atoms with van der Waals surface area (Å²) >= 11 is 0. The van der Waals surface area contributed by atoms with Gasteiger partial charge in [0, 0.05) is 25.4 Å². The van der Waals surface area contributed by atoms with Crippen LogP contribution < -0.4 is 4.90 Å². The first-order chi connectivity index (χ1) is 18.0. The minimum atomic E-state index is -0.925. The topological polar surface area (TPSA) is 145 Å². The van der Waals surface area contributed by atoms with Gasteiger partial charge in [-0.3, -0.25) is 4.79 Å². The van der Waals surface area contributed by atoms with Gasteiger partial charge in [-0.15, -0.1) is 0 Å². The third kappa shape index (κ3) is 4.46. The first-order valence-electron chi connectivity index (χ1n) is 11.9. The monoisotopic (exact) mass is 520 g/mol. The molecular formula is C26H25FN6O5. The Bertz CT molecular complexity index is 1480. The van der Waals surface area contributed by atoms with Gasteiger partial charge in [-0.25, -0.2) is 23.8 Å². The number of fused-ring (bicyclic) bond motifs is 1. The van der Waals surface area contributed by atoms with E-state index < -0.39 is 35.6 Å². The summed E-state index contributed by atoms with van der Waals surface area (Å²) in [6, 6.07) is 9.13. The number of pyridine rings is 1. The molecule has 196 valence electrons. The number of rotatable bonds is 3. The molecular weight excluding hydrogens is 495 g/mol. The van der Waals surface area contributed by atoms with Crippen LogP contribution in [0, 0.1) is 17.1 Å². The molecule has 0 bridgehead atoms. The summed E-state index contributed by atoms with van der Waals surface area (Å²) in [7, 11) is 0. The van der Waals surface area contributed by atoms with Gasteiger partial charge >= 0.3 is 6.09 Å². The molecule has 0 radical (unpaired) electrons. The van der Waals surface area contributed by atoms with E-state index in [-0.39, 0.29) is 53.4 Å². The molecule has 1 fully saturated rings. The highest BCUT2D eigenvalue weighted by molar-refractivity contribution is 6.08. The Morgan fingerprint density at radius 2 is 1.89 bits per heavy atom. The first-order valence-corrected chi connectivity index (χ1v) is 11.9. The van der Waals surface area contributed by atoms with Crippen LogP contribution in [0.4, 0.5) is 15.0 Å². The molecule has 0 unspecified atom stereocenters. The quantitative estimate of drug-likeness (QED) is 0.532. The van der Waals surface area contributed by atoms with Gasteiger partial charge in [-0.2, -0.15) is 10.4 Å². The SMILES string of the molecule is CC(C)(C)OC(=O)N1Cc2nc(-c3c(F)cccc3C#N)cc(-n3ccc(N4C[C@@H](O)[C@@H](O)C4)n3)c2C1=O. The van der Waals surface area contributed by atoms with E-state index in [1.54, 1.807) is 37.9 Å². The van der Waals surface area contributed by atoms with Gasteiger partial charge in [0.05, 0.1) is 58.6 Å². The van der Waals surface area contributed by atoms with Gasteiger partial charge in [0.25, 0.3) is 5.91 Å². The highest BCUT2D eigenvalue weighted by Crippen LogP contribution is 2.34. The van der Waals surface area contributed by atoms with Crippen molar-refractivity contribution >= 4 is 17.8 Å². The van der Waals surface area contributed by atoms with Gasteiger partial charge in [-0.1, -0.05) is 6.07 Å². The number of hydrogen-bond donors (Lipinski definition) is 2. The summed E-state index contributed by atoms with van der Waals surface area (Å²) in [4.78, 5) is 33.3. The maximum atomic E-state index is 14.9. The number of imide groups is 1. The summed E-state index contributed by atoms with van der Waals surface area (Å²) in [5.41, 5.74) is -0.228. The van der Waals surface area contributed by atoms with Crippen LogP contribution in [0.25, 0.3) is 16.9 Å². The van der Waals surface area contributed by atoms with Crippen LogP contribution in [0.15, 0.2) is 36.5 Å². The lowest BCUT2D eigenvalue weighted by molar-refractivity contribution is 0.0247. The molecule has 5 rings (SSSR count). The number of aliphatic hydroxyl groups excluding tert-OH is 2. The van der Waals surface area contributed by atoms with Crippen LogP contribution in [0.2, 0.25) is 0 Å². The fourth-order valence-corrected chi connectivity index (χ4v) is 4.51. The average molecular weight is 521 g/mol. The second-order valence-electron chi connectivity index (χ2n) is 10.2. The normalized spacial score (nSPS) is 19.0. The summed E-state index contributed by atoms with van der Waals surface area (Å²) in [5, 5.41) is 34.0. The molecule has 0 spiro atoms. The third-order valence-corrected chi connectivity index (χ3v) is 6.25. The number of benzene rings is 1. The first kappa shape index (κ1) is 25.3. The lowest BCUT2D eigenvalue weighted by atomic mass is 10.0. The molecule has 4 heterocycles. The Balaban J connectivity index is 1.63. The van der Waals surface area contributed by atoms with E-state index in [2.05, 4.69) is 10.1 Å². The lowest BCUT2D eigenvalue weighted by Gasteiger charge is -2.23. The maximum absolute atomic E-state index is 14.9. The van der Waals surface area contributed by atoms with E-state index in [4.69, 9.17) is 4.74 Å². The highest BCUT2D eigenvalue weighted by atomic mass is 19.1. The Labute approximate surface area is 217 Å². The van der Waals surface area contributed by atoms with Crippen LogP contribution in [0.1, 0.15) is 42.4 Å². The van der Waals surface area contributed by atoms with E-state index in [0.717, 1.165) is 4.90 Å². The molecule has 0 saturated carbocycles. The number of hydrogen-bond acceptors (Lipinski definition) is 9. The van der Waals surface area contributed by atoms with E-state index >= 15 is 0 Å². The number of aromatic nitrogens is 3. The number of halogens is 1. The molecule has 1 saturated heterocycles. The smallest absolute Gasteiger partial charge is 0.417 e. The zero-order chi connectivity index (χ0) is 27.4. The summed E-state index contributed by atoms with van der Waals surface area (Å²) in [5.74, 6) is -0.885. The molecule has 1 aromatic carbocycles. The summed E-state index contributed by atoms with van der Waals surface area (Å²) in [6.07, 6.45) is -1.13. The lowest BCUT2D eigenvalue weighted by Crippen LogP contribution is -2.37. The van der Waals surface area contributed by atoms with Crippen LogP contribution in [0.3, 0.4) is 0 Å². The van der Waals surface area contributed by atoms with Crippen LogP contribution in [-0.2, 0) is 11.3 Å². The fraction of sp³-hybridized carbons (Fsp3) is 0.346. The number of anilines is 1. The highest BCUT2D eigenvalue weighted by Gasteiger charge is 2.39. The fourth-order valence-electron chi connectivity index (χ4n) is 4.51. The Morgan fingerprint density at radius 3 is 2.55 bits per heavy atom. The van der Waals surface area contributed by atoms with Crippen molar-refractivity contribution in [1.82, 2.24) is 19.7 Å². The molecule has 3 aromatic rings. The van der Waals surface area contributed by atoms with E-state index in [1.165, 1.54) is 28.9 Å². The van der Waals surface area contributed by atoms with Crippen LogP contribution in [0.5, 0.6) is 0 Å². The van der Waals surface area contributed by atoms with Gasteiger partial charge in [0.2, 0.25) is 0 Å². The molecule has 2 amide bonds. The van der Waals surface area contributed by atoms with E-state index in [1.807, 2.05) is 6.07 Å². The van der Waals surface area contributed by atoms with E-state index in [0.29, 0.717) is 5.82 Å². The number of ether oxygens (including phenoxy) is 1. The van der Waals surface area contributed by atoms with Crippen molar-refractivity contribution in [3.63, 3.8) is 0 Å². The number of β-amino-alcohol motifs (C(OH)–C–C–N with tert-alkyl or cyclic N) is 2. The number of carbonyl (C=O) groups is 2. The number of nitriles is 1. The van der Waals surface area contributed by atoms with Crippen LogP contribution >= 0.6 is 0 Å². The van der Waals surface area contributed by atoms with Crippen molar-refractivity contribution in [1.29, 1.82) is 5.26 Å². The molecule has 2 aliphatic heterocycles. The molecule has 12 heteroatoms. The molecule has 2 aromatic heterocycles. The number of amides is 2. The molecule has 2 aliphatic rings. The van der Waals surface area contributed by atoms with Crippen LogP contribution in [-0.4, -0.2) is 72.8 Å². The van der Waals surface area contributed by atoms with Gasteiger partial charge in [0.1, 0.15) is 11.4 Å². The number of aliphatic hydroxyl groups is 2. The van der Waals surface area contributed by atoms with Gasteiger partial charge in [0.15, 0.2) is 5.82 Å². The van der Waals surface area contributed by atoms with Crippen molar-refractivity contribution in [3.8, 4) is 23.0 Å². The predicted octanol–water partition coefficient (Wildman–Crippen LogP) is 2.38. The zero-order valence-electron chi connectivity index (χ0n) is 20.9. The van der Waals surface area contributed by atoms with Crippen molar-refractivity contribution in [3.05, 3.63) is 59.2 Å². The third-order valence-electron chi connectivity index (χ3n) is 6.25. The molecule has 2 N–H and O–H groups in total. The van der Waals surface area contributed by atoms with E-state index in [9.17, 15) is 29.5 Å². The standard InChI is InChI=1S/C26H25FN6O5/c1-26(2,3)38-25(37)32-11-17-23(24(32)36)18(9-16(29-17)22-14(10-28)5-4-6-15(22)27)33-8-7-21(30-33)31-12-19(34)20(35)13-31/h4-9,19-20,34-35H,11-13H2,1-3H3/t19-,20+. The van der Waals surface area contributed by atoms with Crippen molar-refractivity contribution in [2.45, 2.75) is 45.1 Å². The molecule has 2 atom stereocenters. The van der Waals surface area contributed by atoms with Crippen molar-refractivity contribution in [2.75, 3.05) is 18.0 Å². The molecule has 11 nitrogen and oxygen atoms in total. The van der Waals surface area contributed by atoms with Crippen molar-refractivity contribution in [2.24, 2.45) is 0 Å². The zero-order valence-corrected chi connectivity index (χ0v) is 20.9. The minimum absolute atomic E-state index is 0.0413. The van der Waals surface area contributed by atoms with Gasteiger partial charge in [-0.05, 0) is 39.0 Å².